The molecule has 1 heterocycles. The second-order valence-corrected chi connectivity index (χ2v) is 9.36. The lowest BCUT2D eigenvalue weighted by molar-refractivity contribution is 0.0939. The highest BCUT2D eigenvalue weighted by atomic mass is 32.2. The van der Waals surface area contributed by atoms with Crippen molar-refractivity contribution in [3.8, 4) is 5.75 Å². The standard InChI is InChI=1S/C21H29N3O5S/c1-24(2)17(18-9-6-12-29-18)14-22-21(25)15-10-11-19(28-3)20(13-15)30(26,27)23-16-7-4-5-8-16/h6,9-13,16-17,23H,4-5,7-8,14H2,1-3H3,(H,22,25). The molecule has 1 aliphatic rings. The predicted molar refractivity (Wildman–Crippen MR) is 113 cm³/mol. The van der Waals surface area contributed by atoms with E-state index in [4.69, 9.17) is 9.15 Å². The van der Waals surface area contributed by atoms with Crippen LogP contribution in [0.5, 0.6) is 5.75 Å². The average Bonchev–Trinajstić information content (AvgIpc) is 3.41. The molecule has 164 valence electrons. The van der Waals surface area contributed by atoms with Crippen LogP contribution in [0.1, 0.15) is 47.8 Å². The van der Waals surface area contributed by atoms with Crippen molar-refractivity contribution < 1.29 is 22.4 Å². The van der Waals surface area contributed by atoms with Crippen molar-refractivity contribution in [2.75, 3.05) is 27.7 Å². The van der Waals surface area contributed by atoms with E-state index in [1.54, 1.807) is 18.4 Å². The third kappa shape index (κ3) is 5.21. The normalized spacial score (nSPS) is 16.0. The van der Waals surface area contributed by atoms with E-state index in [0.717, 1.165) is 31.4 Å². The number of likely N-dealkylation sites (N-methyl/N-ethyl adjacent to an activating group) is 1. The number of hydrogen-bond donors (Lipinski definition) is 2. The van der Waals surface area contributed by atoms with Gasteiger partial charge in [-0.15, -0.1) is 0 Å². The van der Waals surface area contributed by atoms with E-state index in [0.29, 0.717) is 6.54 Å². The summed E-state index contributed by atoms with van der Waals surface area (Å²) in [5, 5.41) is 2.86. The molecule has 0 bridgehead atoms. The number of hydrogen-bond acceptors (Lipinski definition) is 6. The van der Waals surface area contributed by atoms with Crippen molar-refractivity contribution in [1.29, 1.82) is 0 Å². The number of furan rings is 1. The van der Waals surface area contributed by atoms with Crippen LogP contribution >= 0.6 is 0 Å². The molecular weight excluding hydrogens is 406 g/mol. The molecule has 30 heavy (non-hydrogen) atoms. The molecule has 1 amide bonds. The van der Waals surface area contributed by atoms with Crippen molar-refractivity contribution in [2.24, 2.45) is 0 Å². The molecular formula is C21H29N3O5S. The number of nitrogens with zero attached hydrogens (tertiary/aromatic N) is 1. The Labute approximate surface area is 177 Å². The molecule has 2 aromatic rings. The van der Waals surface area contributed by atoms with Crippen molar-refractivity contribution in [2.45, 2.75) is 42.7 Å². The Morgan fingerprint density at radius 1 is 1.27 bits per heavy atom. The molecule has 0 spiro atoms. The number of methoxy groups -OCH3 is 1. The molecule has 0 radical (unpaired) electrons. The molecule has 1 aromatic heterocycles. The molecule has 1 atom stereocenters. The largest absolute Gasteiger partial charge is 0.495 e. The van der Waals surface area contributed by atoms with Crippen LogP contribution in [0, 0.1) is 0 Å². The van der Waals surface area contributed by atoms with Crippen LogP contribution in [0.3, 0.4) is 0 Å². The van der Waals surface area contributed by atoms with E-state index in [2.05, 4.69) is 10.0 Å². The number of amides is 1. The Balaban J connectivity index is 1.77. The summed E-state index contributed by atoms with van der Waals surface area (Å²) in [5.74, 6) is 0.575. The first-order chi connectivity index (χ1) is 14.3. The lowest BCUT2D eigenvalue weighted by Crippen LogP contribution is -2.35. The topological polar surface area (TPSA) is 101 Å². The summed E-state index contributed by atoms with van der Waals surface area (Å²) < 4.78 is 39.3. The monoisotopic (exact) mass is 435 g/mol. The minimum Gasteiger partial charge on any atom is -0.495 e. The van der Waals surface area contributed by atoms with Gasteiger partial charge in [-0.1, -0.05) is 12.8 Å². The molecule has 9 heteroatoms. The highest BCUT2D eigenvalue weighted by Crippen LogP contribution is 2.27. The lowest BCUT2D eigenvalue weighted by Gasteiger charge is -2.22. The first-order valence-corrected chi connectivity index (χ1v) is 11.5. The summed E-state index contributed by atoms with van der Waals surface area (Å²) in [6.45, 7) is 0.313. The zero-order chi connectivity index (χ0) is 21.7. The van der Waals surface area contributed by atoms with Gasteiger partial charge in [0.05, 0.1) is 19.4 Å². The van der Waals surface area contributed by atoms with E-state index in [1.165, 1.54) is 19.2 Å². The number of rotatable bonds is 9. The van der Waals surface area contributed by atoms with E-state index < -0.39 is 10.0 Å². The maximum atomic E-state index is 12.9. The third-order valence-electron chi connectivity index (χ3n) is 5.34. The van der Waals surface area contributed by atoms with Gasteiger partial charge in [0.2, 0.25) is 10.0 Å². The van der Waals surface area contributed by atoms with E-state index in [1.807, 2.05) is 25.1 Å². The summed E-state index contributed by atoms with van der Waals surface area (Å²) in [5.41, 5.74) is 0.250. The van der Waals surface area contributed by atoms with Crippen LogP contribution in [0.2, 0.25) is 0 Å². The second kappa shape index (κ2) is 9.63. The van der Waals surface area contributed by atoms with Gasteiger partial charge in [-0.25, -0.2) is 13.1 Å². The molecule has 3 rings (SSSR count). The molecule has 0 aliphatic heterocycles. The predicted octanol–water partition coefficient (Wildman–Crippen LogP) is 2.54. The fourth-order valence-corrected chi connectivity index (χ4v) is 5.16. The van der Waals surface area contributed by atoms with E-state index in [9.17, 15) is 13.2 Å². The zero-order valence-corrected chi connectivity index (χ0v) is 18.4. The maximum Gasteiger partial charge on any atom is 0.251 e. The van der Waals surface area contributed by atoms with Crippen LogP contribution in [-0.4, -0.2) is 53.0 Å². The first kappa shape index (κ1) is 22.3. The van der Waals surface area contributed by atoms with Crippen LogP contribution in [0.15, 0.2) is 45.9 Å². The summed E-state index contributed by atoms with van der Waals surface area (Å²) in [4.78, 5) is 14.7. The Bertz CT molecular complexity index is 951. The van der Waals surface area contributed by atoms with Gasteiger partial charge in [-0.3, -0.25) is 9.69 Å². The van der Waals surface area contributed by atoms with Crippen LogP contribution in [0.4, 0.5) is 0 Å². The fourth-order valence-electron chi connectivity index (χ4n) is 3.66. The zero-order valence-electron chi connectivity index (χ0n) is 17.6. The summed E-state index contributed by atoms with van der Waals surface area (Å²) in [6.07, 6.45) is 5.25. The molecule has 1 saturated carbocycles. The quantitative estimate of drug-likeness (QED) is 0.628. The number of sulfonamides is 1. The van der Waals surface area contributed by atoms with Gasteiger partial charge in [-0.2, -0.15) is 0 Å². The molecule has 1 fully saturated rings. The third-order valence-corrected chi connectivity index (χ3v) is 6.88. The van der Waals surface area contributed by atoms with Crippen molar-refractivity contribution in [3.63, 3.8) is 0 Å². The minimum absolute atomic E-state index is 0.0280. The molecule has 0 saturated heterocycles. The minimum atomic E-state index is -3.80. The van der Waals surface area contributed by atoms with Gasteiger partial charge in [0.15, 0.2) is 0 Å². The fraction of sp³-hybridized carbons (Fsp3) is 0.476. The van der Waals surface area contributed by atoms with Crippen molar-refractivity contribution >= 4 is 15.9 Å². The highest BCUT2D eigenvalue weighted by molar-refractivity contribution is 7.89. The summed E-state index contributed by atoms with van der Waals surface area (Å²) >= 11 is 0. The lowest BCUT2D eigenvalue weighted by atomic mass is 10.1. The van der Waals surface area contributed by atoms with Gasteiger partial charge < -0.3 is 14.5 Å². The number of nitrogens with one attached hydrogen (secondary N) is 2. The van der Waals surface area contributed by atoms with Crippen LogP contribution < -0.4 is 14.8 Å². The van der Waals surface area contributed by atoms with Crippen molar-refractivity contribution in [3.05, 3.63) is 47.9 Å². The second-order valence-electron chi connectivity index (χ2n) is 7.67. The molecule has 8 nitrogen and oxygen atoms in total. The van der Waals surface area contributed by atoms with E-state index in [-0.39, 0.29) is 34.2 Å². The Morgan fingerprint density at radius 3 is 2.60 bits per heavy atom. The van der Waals surface area contributed by atoms with Crippen LogP contribution in [0.25, 0.3) is 0 Å². The van der Waals surface area contributed by atoms with Gasteiger partial charge in [0.1, 0.15) is 16.4 Å². The Kier molecular flexibility index (Phi) is 7.17. The van der Waals surface area contributed by atoms with Gasteiger partial charge >= 0.3 is 0 Å². The molecule has 1 unspecified atom stereocenters. The van der Waals surface area contributed by atoms with Gasteiger partial charge in [0.25, 0.3) is 5.91 Å². The van der Waals surface area contributed by atoms with Gasteiger partial charge in [-0.05, 0) is 57.3 Å². The first-order valence-electron chi connectivity index (χ1n) is 10.00. The van der Waals surface area contributed by atoms with Crippen molar-refractivity contribution in [1.82, 2.24) is 14.9 Å². The van der Waals surface area contributed by atoms with E-state index >= 15 is 0 Å². The smallest absolute Gasteiger partial charge is 0.251 e. The number of ether oxygens (including phenoxy) is 1. The van der Waals surface area contributed by atoms with Crippen LogP contribution in [-0.2, 0) is 10.0 Å². The number of carbonyl (C=O) groups is 1. The van der Waals surface area contributed by atoms with Gasteiger partial charge in [0, 0.05) is 18.2 Å². The summed E-state index contributed by atoms with van der Waals surface area (Å²) in [6, 6.07) is 7.85. The molecule has 2 N–H and O–H groups in total. The maximum absolute atomic E-state index is 12.9. The highest BCUT2D eigenvalue weighted by Gasteiger charge is 2.27. The molecule has 1 aromatic carbocycles. The number of benzene rings is 1. The summed E-state index contributed by atoms with van der Waals surface area (Å²) in [7, 11) is 1.40. The molecule has 1 aliphatic carbocycles. The Morgan fingerprint density at radius 2 is 2.00 bits per heavy atom. The Hall–Kier alpha value is -2.36. The SMILES string of the molecule is COc1ccc(C(=O)NCC(c2ccco2)N(C)C)cc1S(=O)(=O)NC1CCCC1. The number of carbonyl (C=O) groups excluding carboxylic acids is 1. The average molecular weight is 436 g/mol.